The number of nitrogen functional groups attached to an aromatic ring is 2. The van der Waals surface area contributed by atoms with E-state index in [9.17, 15) is 4.79 Å². The van der Waals surface area contributed by atoms with E-state index >= 15 is 0 Å². The van der Waals surface area contributed by atoms with E-state index in [2.05, 4.69) is 10.3 Å². The van der Waals surface area contributed by atoms with Crippen molar-refractivity contribution in [1.82, 2.24) is 4.98 Å². The van der Waals surface area contributed by atoms with Gasteiger partial charge in [0.2, 0.25) is 11.8 Å². The summed E-state index contributed by atoms with van der Waals surface area (Å²) in [7, 11) is 0. The van der Waals surface area contributed by atoms with Crippen LogP contribution in [0.5, 0.6) is 11.6 Å². The third kappa shape index (κ3) is 3.35. The quantitative estimate of drug-likeness (QED) is 0.781. The summed E-state index contributed by atoms with van der Waals surface area (Å²) in [6, 6.07) is 10.2. The van der Waals surface area contributed by atoms with E-state index in [0.717, 1.165) is 0 Å². The monoisotopic (exact) mass is 258 g/mol. The average Bonchev–Trinajstić information content (AvgIpc) is 2.36. The van der Waals surface area contributed by atoms with Crippen LogP contribution in [0.25, 0.3) is 0 Å². The van der Waals surface area contributed by atoms with Crippen molar-refractivity contribution in [2.45, 2.75) is 6.92 Å². The van der Waals surface area contributed by atoms with E-state index < -0.39 is 0 Å². The van der Waals surface area contributed by atoms with Gasteiger partial charge in [-0.05, 0) is 30.3 Å². The molecule has 1 amide bonds. The van der Waals surface area contributed by atoms with Crippen LogP contribution in [0.15, 0.2) is 36.4 Å². The Hall–Kier alpha value is -2.76. The van der Waals surface area contributed by atoms with Crippen LogP contribution in [0.2, 0.25) is 0 Å². The van der Waals surface area contributed by atoms with Gasteiger partial charge in [0.25, 0.3) is 0 Å². The number of rotatable bonds is 3. The molecule has 6 nitrogen and oxygen atoms in total. The molecule has 0 aliphatic rings. The summed E-state index contributed by atoms with van der Waals surface area (Å²) in [6.07, 6.45) is 0. The Morgan fingerprint density at radius 1 is 1.16 bits per heavy atom. The molecule has 1 aromatic carbocycles. The number of carbonyl (C=O) groups excluding carboxylic acids is 1. The second kappa shape index (κ2) is 5.26. The van der Waals surface area contributed by atoms with Crippen molar-refractivity contribution in [2.75, 3.05) is 16.8 Å². The number of ether oxygens (including phenoxy) is 1. The number of anilines is 3. The Bertz CT molecular complexity index is 596. The Morgan fingerprint density at radius 3 is 2.42 bits per heavy atom. The van der Waals surface area contributed by atoms with E-state index in [0.29, 0.717) is 23.0 Å². The maximum absolute atomic E-state index is 10.9. The van der Waals surface area contributed by atoms with Gasteiger partial charge in [0, 0.05) is 18.7 Å². The molecule has 0 saturated carbocycles. The maximum Gasteiger partial charge on any atom is 0.221 e. The summed E-state index contributed by atoms with van der Waals surface area (Å²) < 4.78 is 5.51. The fourth-order valence-corrected chi connectivity index (χ4v) is 1.45. The van der Waals surface area contributed by atoms with Crippen LogP contribution in [0.1, 0.15) is 6.92 Å². The highest BCUT2D eigenvalue weighted by Gasteiger charge is 2.02. The van der Waals surface area contributed by atoms with Crippen LogP contribution in [0.3, 0.4) is 0 Å². The van der Waals surface area contributed by atoms with Crippen molar-refractivity contribution >= 4 is 23.1 Å². The Kier molecular flexibility index (Phi) is 3.51. The molecule has 2 aromatic rings. The molecule has 0 aliphatic carbocycles. The lowest BCUT2D eigenvalue weighted by Crippen LogP contribution is -2.05. The lowest BCUT2D eigenvalue weighted by Gasteiger charge is -2.07. The first kappa shape index (κ1) is 12.7. The van der Waals surface area contributed by atoms with Crippen molar-refractivity contribution in [1.29, 1.82) is 0 Å². The number of nitrogens with one attached hydrogen (secondary N) is 1. The van der Waals surface area contributed by atoms with Gasteiger partial charge in [-0.15, -0.1) is 0 Å². The van der Waals surface area contributed by atoms with Gasteiger partial charge in [0.1, 0.15) is 5.75 Å². The summed E-state index contributed by atoms with van der Waals surface area (Å²) >= 11 is 0. The van der Waals surface area contributed by atoms with Gasteiger partial charge in [-0.3, -0.25) is 4.79 Å². The van der Waals surface area contributed by atoms with Crippen molar-refractivity contribution < 1.29 is 9.53 Å². The van der Waals surface area contributed by atoms with Gasteiger partial charge in [-0.2, -0.15) is 4.98 Å². The molecule has 19 heavy (non-hydrogen) atoms. The van der Waals surface area contributed by atoms with E-state index in [-0.39, 0.29) is 11.7 Å². The molecule has 0 aliphatic heterocycles. The number of carbonyl (C=O) groups is 1. The molecule has 0 unspecified atom stereocenters. The summed E-state index contributed by atoms with van der Waals surface area (Å²) in [5, 5.41) is 2.67. The number of benzene rings is 1. The first-order chi connectivity index (χ1) is 9.04. The summed E-state index contributed by atoms with van der Waals surface area (Å²) in [4.78, 5) is 14.9. The number of amides is 1. The normalized spacial score (nSPS) is 9.95. The molecular weight excluding hydrogens is 244 g/mol. The largest absolute Gasteiger partial charge is 0.439 e. The molecule has 6 heteroatoms. The van der Waals surface area contributed by atoms with Crippen LogP contribution in [0, 0.1) is 0 Å². The zero-order valence-corrected chi connectivity index (χ0v) is 10.4. The molecule has 0 spiro atoms. The van der Waals surface area contributed by atoms with Gasteiger partial charge in [0.15, 0.2) is 5.82 Å². The number of hydrogen-bond acceptors (Lipinski definition) is 5. The predicted molar refractivity (Wildman–Crippen MR) is 73.9 cm³/mol. The fraction of sp³-hybridized carbons (Fsp3) is 0.0769. The van der Waals surface area contributed by atoms with Crippen LogP contribution >= 0.6 is 0 Å². The SMILES string of the molecule is CC(=O)Nc1ccc(Oc2ccc(N)c(N)n2)cc1. The molecular formula is C13H14N4O2. The molecule has 0 fully saturated rings. The minimum absolute atomic E-state index is 0.123. The topological polar surface area (TPSA) is 103 Å². The number of hydrogen-bond donors (Lipinski definition) is 3. The Labute approximate surface area is 110 Å². The number of aromatic nitrogens is 1. The molecule has 5 N–H and O–H groups in total. The van der Waals surface area contributed by atoms with Crippen LogP contribution in [0.4, 0.5) is 17.2 Å². The first-order valence-corrected chi connectivity index (χ1v) is 5.62. The third-order valence-corrected chi connectivity index (χ3v) is 2.33. The predicted octanol–water partition coefficient (Wildman–Crippen LogP) is 2.00. The van der Waals surface area contributed by atoms with E-state index in [1.807, 2.05) is 0 Å². The standard InChI is InChI=1S/C13H14N4O2/c1-8(18)16-9-2-4-10(5-3-9)19-12-7-6-11(14)13(15)17-12/h2-7H,14H2,1H3,(H2,15,17)(H,16,18). The van der Waals surface area contributed by atoms with Gasteiger partial charge in [-0.1, -0.05) is 0 Å². The van der Waals surface area contributed by atoms with E-state index in [1.165, 1.54) is 6.92 Å². The fourth-order valence-electron chi connectivity index (χ4n) is 1.45. The lowest BCUT2D eigenvalue weighted by molar-refractivity contribution is -0.114. The Morgan fingerprint density at radius 2 is 1.84 bits per heavy atom. The summed E-state index contributed by atoms with van der Waals surface area (Å²) in [6.45, 7) is 1.45. The van der Waals surface area contributed by atoms with Crippen molar-refractivity contribution in [3.63, 3.8) is 0 Å². The average molecular weight is 258 g/mol. The molecule has 1 aromatic heterocycles. The zero-order valence-electron chi connectivity index (χ0n) is 10.4. The van der Waals surface area contributed by atoms with Gasteiger partial charge >= 0.3 is 0 Å². The van der Waals surface area contributed by atoms with Gasteiger partial charge < -0.3 is 21.5 Å². The molecule has 98 valence electrons. The van der Waals surface area contributed by atoms with Gasteiger partial charge in [-0.25, -0.2) is 0 Å². The number of nitrogens with two attached hydrogens (primary N) is 2. The van der Waals surface area contributed by atoms with Crippen molar-refractivity contribution in [3.05, 3.63) is 36.4 Å². The second-order valence-corrected chi connectivity index (χ2v) is 3.93. The van der Waals surface area contributed by atoms with Crippen LogP contribution < -0.4 is 21.5 Å². The third-order valence-electron chi connectivity index (χ3n) is 2.33. The maximum atomic E-state index is 10.9. The highest BCUT2D eigenvalue weighted by Crippen LogP contribution is 2.24. The Balaban J connectivity index is 2.10. The zero-order chi connectivity index (χ0) is 13.8. The van der Waals surface area contributed by atoms with Crippen LogP contribution in [-0.2, 0) is 4.79 Å². The molecule has 0 atom stereocenters. The minimum atomic E-state index is -0.123. The molecule has 0 saturated heterocycles. The summed E-state index contributed by atoms with van der Waals surface area (Å²) in [5.74, 6) is 1.05. The van der Waals surface area contributed by atoms with E-state index in [4.69, 9.17) is 16.2 Å². The second-order valence-electron chi connectivity index (χ2n) is 3.93. The molecule has 2 rings (SSSR count). The highest BCUT2D eigenvalue weighted by atomic mass is 16.5. The van der Waals surface area contributed by atoms with Crippen LogP contribution in [-0.4, -0.2) is 10.9 Å². The minimum Gasteiger partial charge on any atom is -0.439 e. The van der Waals surface area contributed by atoms with E-state index in [1.54, 1.807) is 36.4 Å². The first-order valence-electron chi connectivity index (χ1n) is 5.62. The number of pyridine rings is 1. The van der Waals surface area contributed by atoms with Gasteiger partial charge in [0.05, 0.1) is 5.69 Å². The lowest BCUT2D eigenvalue weighted by atomic mass is 10.3. The molecule has 1 heterocycles. The molecule has 0 bridgehead atoms. The highest BCUT2D eigenvalue weighted by molar-refractivity contribution is 5.88. The molecule has 0 radical (unpaired) electrons. The summed E-state index contributed by atoms with van der Waals surface area (Å²) in [5.41, 5.74) is 12.3. The van der Waals surface area contributed by atoms with Crippen molar-refractivity contribution in [3.8, 4) is 11.6 Å². The van der Waals surface area contributed by atoms with Crippen molar-refractivity contribution in [2.24, 2.45) is 0 Å². The smallest absolute Gasteiger partial charge is 0.221 e. The number of nitrogens with zero attached hydrogens (tertiary/aromatic N) is 1.